The quantitative estimate of drug-likeness (QED) is 0.914. The number of methoxy groups -OCH3 is 1. The van der Waals surface area contributed by atoms with Gasteiger partial charge in [-0.1, -0.05) is 12.1 Å². The highest BCUT2D eigenvalue weighted by Gasteiger charge is 2.28. The molecule has 1 aromatic carbocycles. The van der Waals surface area contributed by atoms with Crippen molar-refractivity contribution < 1.29 is 9.53 Å². The van der Waals surface area contributed by atoms with Crippen LogP contribution in [0.1, 0.15) is 36.8 Å². The third-order valence-corrected chi connectivity index (χ3v) is 4.13. The largest absolute Gasteiger partial charge is 0.497 e. The van der Waals surface area contributed by atoms with Gasteiger partial charge >= 0.3 is 0 Å². The second kappa shape index (κ2) is 5.70. The second-order valence-electron chi connectivity index (χ2n) is 5.63. The lowest BCUT2D eigenvalue weighted by molar-refractivity contribution is -0.122. The molecule has 106 valence electrons. The van der Waals surface area contributed by atoms with Gasteiger partial charge in [0, 0.05) is 12.5 Å². The standard InChI is InChI=1S/C17H21NO2/c1-20-15-8-7-12-3-2-4-13(16(12)11-15)9-10-18-17(19)14-5-6-14/h7-9,11,14H,2-6,10H2,1H3,(H,18,19)/b13-9-. The van der Waals surface area contributed by atoms with E-state index in [-0.39, 0.29) is 11.8 Å². The molecule has 3 rings (SSSR count). The molecule has 3 heteroatoms. The summed E-state index contributed by atoms with van der Waals surface area (Å²) in [5.41, 5.74) is 4.01. The molecular weight excluding hydrogens is 250 g/mol. The summed E-state index contributed by atoms with van der Waals surface area (Å²) in [6.07, 6.45) is 7.68. The van der Waals surface area contributed by atoms with Gasteiger partial charge in [-0.3, -0.25) is 4.79 Å². The lowest BCUT2D eigenvalue weighted by atomic mass is 9.87. The SMILES string of the molecule is COc1ccc2c(c1)/C(=C\CNC(=O)C1CC1)CCC2. The number of nitrogens with one attached hydrogen (secondary N) is 1. The molecule has 0 aromatic heterocycles. The molecule has 1 amide bonds. The maximum absolute atomic E-state index is 11.6. The van der Waals surface area contributed by atoms with Gasteiger partial charge in [-0.15, -0.1) is 0 Å². The van der Waals surface area contributed by atoms with Crippen molar-refractivity contribution in [3.05, 3.63) is 35.4 Å². The summed E-state index contributed by atoms with van der Waals surface area (Å²) in [6, 6.07) is 6.30. The Morgan fingerprint density at radius 3 is 3.00 bits per heavy atom. The van der Waals surface area contributed by atoms with Crippen molar-refractivity contribution in [2.24, 2.45) is 5.92 Å². The molecule has 2 aliphatic rings. The van der Waals surface area contributed by atoms with Crippen LogP contribution < -0.4 is 10.1 Å². The van der Waals surface area contributed by atoms with E-state index in [2.05, 4.69) is 23.5 Å². The highest BCUT2D eigenvalue weighted by atomic mass is 16.5. The fourth-order valence-corrected chi connectivity index (χ4v) is 2.78. The number of hydrogen-bond acceptors (Lipinski definition) is 2. The van der Waals surface area contributed by atoms with Crippen molar-refractivity contribution in [1.29, 1.82) is 0 Å². The molecule has 20 heavy (non-hydrogen) atoms. The van der Waals surface area contributed by atoms with Gasteiger partial charge in [0.15, 0.2) is 0 Å². The smallest absolute Gasteiger partial charge is 0.223 e. The van der Waals surface area contributed by atoms with E-state index >= 15 is 0 Å². The zero-order valence-electron chi connectivity index (χ0n) is 11.9. The van der Waals surface area contributed by atoms with Gasteiger partial charge in [0.1, 0.15) is 5.75 Å². The van der Waals surface area contributed by atoms with Crippen molar-refractivity contribution in [3.63, 3.8) is 0 Å². The molecule has 0 heterocycles. The first-order valence-electron chi connectivity index (χ1n) is 7.42. The van der Waals surface area contributed by atoms with E-state index in [0.29, 0.717) is 6.54 Å². The Bertz CT molecular complexity index is 544. The summed E-state index contributed by atoms with van der Waals surface area (Å²) in [7, 11) is 1.70. The minimum Gasteiger partial charge on any atom is -0.497 e. The maximum Gasteiger partial charge on any atom is 0.223 e. The van der Waals surface area contributed by atoms with Crippen LogP contribution >= 0.6 is 0 Å². The van der Waals surface area contributed by atoms with Crippen molar-refractivity contribution in [2.75, 3.05) is 13.7 Å². The first-order valence-corrected chi connectivity index (χ1v) is 7.42. The molecule has 0 saturated heterocycles. The molecule has 0 spiro atoms. The second-order valence-corrected chi connectivity index (χ2v) is 5.63. The number of benzene rings is 1. The maximum atomic E-state index is 11.6. The highest BCUT2D eigenvalue weighted by Crippen LogP contribution is 2.33. The number of hydrogen-bond donors (Lipinski definition) is 1. The molecular formula is C17H21NO2. The lowest BCUT2D eigenvalue weighted by Gasteiger charge is -2.20. The highest BCUT2D eigenvalue weighted by molar-refractivity contribution is 5.81. The number of carbonyl (C=O) groups is 1. The third kappa shape index (κ3) is 2.87. The van der Waals surface area contributed by atoms with Crippen LogP contribution in [-0.4, -0.2) is 19.6 Å². The molecule has 1 saturated carbocycles. The summed E-state index contributed by atoms with van der Waals surface area (Å²) in [5, 5.41) is 3.00. The average molecular weight is 271 g/mol. The summed E-state index contributed by atoms with van der Waals surface area (Å²) in [6.45, 7) is 0.640. The van der Waals surface area contributed by atoms with Crippen molar-refractivity contribution in [2.45, 2.75) is 32.1 Å². The fourth-order valence-electron chi connectivity index (χ4n) is 2.78. The summed E-state index contributed by atoms with van der Waals surface area (Å²) in [5.74, 6) is 1.40. The van der Waals surface area contributed by atoms with E-state index < -0.39 is 0 Å². The average Bonchev–Trinajstić information content (AvgIpc) is 3.31. The Morgan fingerprint density at radius 1 is 1.40 bits per heavy atom. The van der Waals surface area contributed by atoms with Crippen LogP contribution in [0.2, 0.25) is 0 Å². The molecule has 0 aliphatic heterocycles. The van der Waals surface area contributed by atoms with Crippen molar-refractivity contribution >= 4 is 11.5 Å². The number of allylic oxidation sites excluding steroid dienone is 1. The number of rotatable bonds is 4. The molecule has 1 fully saturated rings. The molecule has 0 unspecified atom stereocenters. The molecule has 0 atom stereocenters. The van der Waals surface area contributed by atoms with E-state index in [1.54, 1.807) is 7.11 Å². The number of ether oxygens (including phenoxy) is 1. The normalized spacial score (nSPS) is 19.6. The molecule has 3 nitrogen and oxygen atoms in total. The first kappa shape index (κ1) is 13.2. The molecule has 0 radical (unpaired) electrons. The monoisotopic (exact) mass is 271 g/mol. The lowest BCUT2D eigenvalue weighted by Crippen LogP contribution is -2.25. The topological polar surface area (TPSA) is 38.3 Å². The van der Waals surface area contributed by atoms with Gasteiger partial charge in [0.25, 0.3) is 0 Å². The Kier molecular flexibility index (Phi) is 3.77. The third-order valence-electron chi connectivity index (χ3n) is 4.13. The van der Waals surface area contributed by atoms with Crippen LogP contribution in [0, 0.1) is 5.92 Å². The number of amides is 1. The van der Waals surface area contributed by atoms with E-state index in [9.17, 15) is 4.79 Å². The van der Waals surface area contributed by atoms with Crippen LogP contribution in [-0.2, 0) is 11.2 Å². The Morgan fingerprint density at radius 2 is 2.25 bits per heavy atom. The van der Waals surface area contributed by atoms with Crippen LogP contribution in [0.5, 0.6) is 5.75 Å². The Hall–Kier alpha value is -1.77. The van der Waals surface area contributed by atoms with Crippen molar-refractivity contribution in [3.8, 4) is 5.75 Å². The Balaban J connectivity index is 1.72. The van der Waals surface area contributed by atoms with Gasteiger partial charge in [-0.2, -0.15) is 0 Å². The molecule has 0 bridgehead atoms. The summed E-state index contributed by atoms with van der Waals surface area (Å²) >= 11 is 0. The summed E-state index contributed by atoms with van der Waals surface area (Å²) in [4.78, 5) is 11.6. The van der Waals surface area contributed by atoms with Crippen LogP contribution in [0.4, 0.5) is 0 Å². The molecule has 1 N–H and O–H groups in total. The summed E-state index contributed by atoms with van der Waals surface area (Å²) < 4.78 is 5.31. The van der Waals surface area contributed by atoms with E-state index in [1.165, 1.54) is 23.1 Å². The molecule has 2 aliphatic carbocycles. The van der Waals surface area contributed by atoms with Gasteiger partial charge < -0.3 is 10.1 Å². The van der Waals surface area contributed by atoms with E-state index in [0.717, 1.165) is 31.4 Å². The predicted octanol–water partition coefficient (Wildman–Crippen LogP) is 2.94. The van der Waals surface area contributed by atoms with Crippen LogP contribution in [0.25, 0.3) is 5.57 Å². The van der Waals surface area contributed by atoms with E-state index in [1.807, 2.05) is 6.07 Å². The number of aryl methyl sites for hydroxylation is 1. The Labute approximate surface area is 120 Å². The first-order chi connectivity index (χ1) is 9.78. The zero-order chi connectivity index (χ0) is 13.9. The van der Waals surface area contributed by atoms with Crippen LogP contribution in [0.15, 0.2) is 24.3 Å². The van der Waals surface area contributed by atoms with Gasteiger partial charge in [0.2, 0.25) is 5.91 Å². The van der Waals surface area contributed by atoms with Crippen LogP contribution in [0.3, 0.4) is 0 Å². The van der Waals surface area contributed by atoms with E-state index in [4.69, 9.17) is 4.74 Å². The predicted molar refractivity (Wildman–Crippen MR) is 79.6 cm³/mol. The minimum absolute atomic E-state index is 0.212. The fraction of sp³-hybridized carbons (Fsp3) is 0.471. The van der Waals surface area contributed by atoms with Crippen molar-refractivity contribution in [1.82, 2.24) is 5.32 Å². The zero-order valence-corrected chi connectivity index (χ0v) is 11.9. The van der Waals surface area contributed by atoms with Gasteiger partial charge in [-0.25, -0.2) is 0 Å². The number of fused-ring (bicyclic) bond motifs is 1. The van der Waals surface area contributed by atoms with Gasteiger partial charge in [-0.05, 0) is 60.9 Å². The van der Waals surface area contributed by atoms with Gasteiger partial charge in [0.05, 0.1) is 7.11 Å². The minimum atomic E-state index is 0.212. The molecule has 1 aromatic rings. The number of carbonyl (C=O) groups excluding carboxylic acids is 1.